The van der Waals surface area contributed by atoms with Gasteiger partial charge in [-0.15, -0.1) is 0 Å². The number of fused-ring (bicyclic) bond motifs is 4. The molecule has 2 aromatic heterocycles. The molecule has 0 bridgehead atoms. The van der Waals surface area contributed by atoms with Crippen LogP contribution in [0.2, 0.25) is 0 Å². The van der Waals surface area contributed by atoms with Crippen LogP contribution >= 0.6 is 0 Å². The van der Waals surface area contributed by atoms with Crippen LogP contribution in [0.1, 0.15) is 29.8 Å². The zero-order chi connectivity index (χ0) is 14.7. The minimum Gasteiger partial charge on any atom is -0.386 e. The number of nitrogens with zero attached hydrogens (tertiary/aromatic N) is 4. The van der Waals surface area contributed by atoms with E-state index in [1.54, 1.807) is 6.20 Å². The van der Waals surface area contributed by atoms with Crippen molar-refractivity contribution in [1.82, 2.24) is 19.3 Å². The van der Waals surface area contributed by atoms with Gasteiger partial charge in [0.1, 0.15) is 6.10 Å². The Bertz CT molecular complexity index is 850. The normalized spacial score (nSPS) is 25.6. The van der Waals surface area contributed by atoms with Crippen LogP contribution in [0, 0.1) is 5.92 Å². The van der Waals surface area contributed by atoms with Gasteiger partial charge in [-0.25, -0.2) is 4.98 Å². The van der Waals surface area contributed by atoms with E-state index in [4.69, 9.17) is 0 Å². The lowest BCUT2D eigenvalue weighted by Gasteiger charge is -2.34. The van der Waals surface area contributed by atoms with Gasteiger partial charge in [-0.3, -0.25) is 4.68 Å². The highest BCUT2D eigenvalue weighted by Crippen LogP contribution is 2.48. The summed E-state index contributed by atoms with van der Waals surface area (Å²) < 4.78 is 4.13. The number of benzene rings is 1. The van der Waals surface area contributed by atoms with Crippen molar-refractivity contribution < 1.29 is 5.11 Å². The third-order valence-electron chi connectivity index (χ3n) is 5.06. The number of aliphatic hydroxyl groups is 1. The summed E-state index contributed by atoms with van der Waals surface area (Å²) in [4.78, 5) is 4.31. The Kier molecular flexibility index (Phi) is 2.38. The third-order valence-corrected chi connectivity index (χ3v) is 5.06. The topological polar surface area (TPSA) is 55.9 Å². The molecular formula is C17H16N4O. The highest BCUT2D eigenvalue weighted by atomic mass is 16.3. The monoisotopic (exact) mass is 292 g/mol. The number of aryl methyl sites for hydroxylation is 1. The maximum atomic E-state index is 10.9. The first-order valence-electron chi connectivity index (χ1n) is 7.65. The van der Waals surface area contributed by atoms with E-state index >= 15 is 0 Å². The van der Waals surface area contributed by atoms with E-state index in [9.17, 15) is 5.11 Å². The van der Waals surface area contributed by atoms with Crippen molar-refractivity contribution in [2.45, 2.75) is 25.1 Å². The van der Waals surface area contributed by atoms with Crippen molar-refractivity contribution >= 4 is 0 Å². The fourth-order valence-electron chi connectivity index (χ4n) is 4.07. The van der Waals surface area contributed by atoms with E-state index in [1.807, 2.05) is 23.3 Å². The Morgan fingerprint density at radius 1 is 1.18 bits per heavy atom. The average molecular weight is 292 g/mol. The Hall–Kier alpha value is -2.40. The van der Waals surface area contributed by atoms with Gasteiger partial charge < -0.3 is 9.67 Å². The molecule has 0 unspecified atom stereocenters. The van der Waals surface area contributed by atoms with Gasteiger partial charge in [0.25, 0.3) is 0 Å². The van der Waals surface area contributed by atoms with E-state index in [-0.39, 0.29) is 12.0 Å². The molecule has 0 fully saturated rings. The molecule has 0 spiro atoms. The fourth-order valence-corrected chi connectivity index (χ4v) is 4.07. The van der Waals surface area contributed by atoms with Crippen molar-refractivity contribution in [1.29, 1.82) is 0 Å². The van der Waals surface area contributed by atoms with Gasteiger partial charge >= 0.3 is 0 Å². The molecule has 4 heterocycles. The second-order valence-corrected chi connectivity index (χ2v) is 6.09. The third kappa shape index (κ3) is 1.46. The predicted octanol–water partition coefficient (Wildman–Crippen LogP) is 2.40. The van der Waals surface area contributed by atoms with Crippen LogP contribution in [0.3, 0.4) is 0 Å². The molecule has 0 aliphatic carbocycles. The van der Waals surface area contributed by atoms with Gasteiger partial charge in [0.05, 0.1) is 30.0 Å². The van der Waals surface area contributed by atoms with E-state index in [0.717, 1.165) is 24.4 Å². The first kappa shape index (κ1) is 12.2. The molecule has 2 aliphatic rings. The summed E-state index contributed by atoms with van der Waals surface area (Å²) in [7, 11) is 0. The zero-order valence-corrected chi connectivity index (χ0v) is 12.0. The molecular weight excluding hydrogens is 276 g/mol. The zero-order valence-electron chi connectivity index (χ0n) is 12.0. The van der Waals surface area contributed by atoms with Crippen molar-refractivity contribution in [3.63, 3.8) is 0 Å². The molecule has 0 amide bonds. The van der Waals surface area contributed by atoms with Gasteiger partial charge in [-0.05, 0) is 18.1 Å². The summed E-state index contributed by atoms with van der Waals surface area (Å²) in [5.74, 6) is 0.140. The molecule has 3 aromatic rings. The molecule has 2 aliphatic heterocycles. The molecule has 0 radical (unpaired) electrons. The molecule has 22 heavy (non-hydrogen) atoms. The van der Waals surface area contributed by atoms with Gasteiger partial charge in [-0.1, -0.05) is 24.3 Å². The van der Waals surface area contributed by atoms with Gasteiger partial charge in [0.15, 0.2) is 0 Å². The second kappa shape index (κ2) is 4.30. The summed E-state index contributed by atoms with van der Waals surface area (Å²) in [5.41, 5.74) is 4.59. The minimum absolute atomic E-state index is 0.140. The summed E-state index contributed by atoms with van der Waals surface area (Å²) in [6, 6.07) is 10.5. The van der Waals surface area contributed by atoms with E-state index in [1.165, 1.54) is 11.1 Å². The lowest BCUT2D eigenvalue weighted by Crippen LogP contribution is -2.31. The molecule has 1 N–H and O–H groups in total. The predicted molar refractivity (Wildman–Crippen MR) is 81.1 cm³/mol. The van der Waals surface area contributed by atoms with E-state index in [0.29, 0.717) is 0 Å². The van der Waals surface area contributed by atoms with Crippen molar-refractivity contribution in [3.05, 3.63) is 60.3 Å². The SMILES string of the molecule is O[C@H]1c2ccnn2CC[C@H]1[C@H]1c2ccccc2-c2cncn21. The van der Waals surface area contributed by atoms with Gasteiger partial charge in [-0.2, -0.15) is 5.10 Å². The van der Waals surface area contributed by atoms with Crippen molar-refractivity contribution in [2.75, 3.05) is 0 Å². The van der Waals surface area contributed by atoms with E-state index < -0.39 is 6.10 Å². The largest absolute Gasteiger partial charge is 0.386 e. The molecule has 0 saturated carbocycles. The lowest BCUT2D eigenvalue weighted by atomic mass is 9.83. The summed E-state index contributed by atoms with van der Waals surface area (Å²) in [6.45, 7) is 0.854. The number of aromatic nitrogens is 4. The van der Waals surface area contributed by atoms with Crippen LogP contribution < -0.4 is 0 Å². The number of hydrogen-bond acceptors (Lipinski definition) is 3. The van der Waals surface area contributed by atoms with Crippen LogP contribution in [-0.4, -0.2) is 24.4 Å². The Balaban J connectivity index is 1.65. The van der Waals surface area contributed by atoms with Crippen molar-refractivity contribution in [3.8, 4) is 11.3 Å². The first-order chi connectivity index (χ1) is 10.8. The Morgan fingerprint density at radius 2 is 2.09 bits per heavy atom. The number of hydrogen-bond donors (Lipinski definition) is 1. The first-order valence-corrected chi connectivity index (χ1v) is 7.65. The smallest absolute Gasteiger partial charge is 0.101 e. The maximum absolute atomic E-state index is 10.9. The molecule has 0 saturated heterocycles. The quantitative estimate of drug-likeness (QED) is 0.749. The van der Waals surface area contributed by atoms with Crippen LogP contribution in [0.4, 0.5) is 0 Å². The van der Waals surface area contributed by atoms with Crippen molar-refractivity contribution in [2.24, 2.45) is 5.92 Å². The fraction of sp³-hybridized carbons (Fsp3) is 0.294. The highest BCUT2D eigenvalue weighted by molar-refractivity contribution is 5.69. The molecule has 110 valence electrons. The number of aliphatic hydroxyl groups excluding tert-OH is 1. The summed E-state index contributed by atoms with van der Waals surface area (Å²) in [5, 5.41) is 15.1. The standard InChI is InChI=1S/C17H16N4O/c22-17-13(6-8-21-14(17)5-7-19-21)16-12-4-2-1-3-11(12)15-9-18-10-20(15)16/h1-5,7,9-10,13,16-17,22H,6,8H2/t13-,16+,17+/m0/s1. The van der Waals surface area contributed by atoms with Crippen LogP contribution in [-0.2, 0) is 6.54 Å². The summed E-state index contributed by atoms with van der Waals surface area (Å²) >= 11 is 0. The lowest BCUT2D eigenvalue weighted by molar-refractivity contribution is 0.0525. The molecule has 5 heteroatoms. The minimum atomic E-state index is -0.498. The number of imidazole rings is 1. The molecule has 1 aromatic carbocycles. The van der Waals surface area contributed by atoms with Gasteiger partial charge in [0.2, 0.25) is 0 Å². The van der Waals surface area contributed by atoms with Gasteiger partial charge in [0, 0.05) is 24.2 Å². The molecule has 5 rings (SSSR count). The van der Waals surface area contributed by atoms with Crippen LogP contribution in [0.15, 0.2) is 49.1 Å². The second-order valence-electron chi connectivity index (χ2n) is 6.09. The summed E-state index contributed by atoms with van der Waals surface area (Å²) in [6.07, 6.45) is 5.98. The average Bonchev–Trinajstić information content (AvgIpc) is 3.23. The van der Waals surface area contributed by atoms with E-state index in [2.05, 4.69) is 38.9 Å². The molecule has 5 nitrogen and oxygen atoms in total. The van der Waals surface area contributed by atoms with Crippen LogP contribution in [0.5, 0.6) is 0 Å². The Morgan fingerprint density at radius 3 is 3.05 bits per heavy atom. The molecule has 3 atom stereocenters. The highest BCUT2D eigenvalue weighted by Gasteiger charge is 2.40. The Labute approximate surface area is 127 Å². The maximum Gasteiger partial charge on any atom is 0.101 e. The van der Waals surface area contributed by atoms with Crippen LogP contribution in [0.25, 0.3) is 11.3 Å². The number of rotatable bonds is 1.